The number of aryl methyl sites for hydroxylation is 1. The van der Waals surface area contributed by atoms with E-state index in [2.05, 4.69) is 4.72 Å². The van der Waals surface area contributed by atoms with Gasteiger partial charge in [0.1, 0.15) is 5.70 Å². The first-order valence-corrected chi connectivity index (χ1v) is 8.94. The minimum Gasteiger partial charge on any atom is -0.461 e. The van der Waals surface area contributed by atoms with E-state index in [0.717, 1.165) is 5.56 Å². The van der Waals surface area contributed by atoms with E-state index in [1.807, 2.05) is 13.0 Å². The van der Waals surface area contributed by atoms with E-state index >= 15 is 0 Å². The smallest absolute Gasteiger partial charge is 0.355 e. The van der Waals surface area contributed by atoms with Crippen LogP contribution in [0.3, 0.4) is 0 Å². The van der Waals surface area contributed by atoms with E-state index in [1.54, 1.807) is 43.3 Å². The first-order valence-electron chi connectivity index (χ1n) is 7.46. The molecule has 0 amide bonds. The van der Waals surface area contributed by atoms with Crippen molar-refractivity contribution in [2.45, 2.75) is 18.7 Å². The SMILES string of the molecule is CCOC(=O)/C(=C\c1ccccc1)NS(=O)(=O)c1ccc(C)cc1. The highest BCUT2D eigenvalue weighted by Crippen LogP contribution is 2.14. The van der Waals surface area contributed by atoms with Crippen LogP contribution in [0.15, 0.2) is 65.2 Å². The predicted molar refractivity (Wildman–Crippen MR) is 92.6 cm³/mol. The molecular weight excluding hydrogens is 326 g/mol. The Labute approximate surface area is 142 Å². The molecule has 2 rings (SSSR count). The summed E-state index contributed by atoms with van der Waals surface area (Å²) in [4.78, 5) is 12.2. The molecule has 0 aromatic heterocycles. The molecular formula is C18H19NO4S. The van der Waals surface area contributed by atoms with Crippen molar-refractivity contribution in [2.24, 2.45) is 0 Å². The molecule has 6 heteroatoms. The van der Waals surface area contributed by atoms with Gasteiger partial charge in [-0.3, -0.25) is 4.72 Å². The number of hydrogen-bond acceptors (Lipinski definition) is 4. The molecule has 5 nitrogen and oxygen atoms in total. The summed E-state index contributed by atoms with van der Waals surface area (Å²) in [5.74, 6) is -0.725. The third kappa shape index (κ3) is 4.70. The molecule has 0 aliphatic heterocycles. The van der Waals surface area contributed by atoms with Crippen molar-refractivity contribution < 1.29 is 17.9 Å². The van der Waals surface area contributed by atoms with Gasteiger partial charge in [-0.05, 0) is 37.6 Å². The van der Waals surface area contributed by atoms with Gasteiger partial charge in [0, 0.05) is 0 Å². The highest BCUT2D eigenvalue weighted by atomic mass is 32.2. The Morgan fingerprint density at radius 3 is 2.29 bits per heavy atom. The van der Waals surface area contributed by atoms with Crippen LogP contribution in [0.2, 0.25) is 0 Å². The molecule has 0 unspecified atom stereocenters. The van der Waals surface area contributed by atoms with Gasteiger partial charge in [0.2, 0.25) is 0 Å². The fourth-order valence-corrected chi connectivity index (χ4v) is 3.02. The minimum absolute atomic E-state index is 0.0800. The Morgan fingerprint density at radius 1 is 1.08 bits per heavy atom. The third-order valence-electron chi connectivity index (χ3n) is 3.18. The Bertz CT molecular complexity index is 825. The predicted octanol–water partition coefficient (Wildman–Crippen LogP) is 2.88. The van der Waals surface area contributed by atoms with Crippen molar-refractivity contribution in [1.29, 1.82) is 0 Å². The zero-order valence-electron chi connectivity index (χ0n) is 13.5. The van der Waals surface area contributed by atoms with Gasteiger partial charge in [-0.2, -0.15) is 0 Å². The van der Waals surface area contributed by atoms with Gasteiger partial charge < -0.3 is 4.74 Å². The number of benzene rings is 2. The van der Waals surface area contributed by atoms with Crippen LogP contribution in [0.25, 0.3) is 6.08 Å². The fourth-order valence-electron chi connectivity index (χ4n) is 1.98. The molecule has 2 aromatic carbocycles. The number of sulfonamides is 1. The largest absolute Gasteiger partial charge is 0.461 e. The molecule has 0 fully saturated rings. The fraction of sp³-hybridized carbons (Fsp3) is 0.167. The van der Waals surface area contributed by atoms with Crippen LogP contribution < -0.4 is 4.72 Å². The number of ether oxygens (including phenoxy) is 1. The topological polar surface area (TPSA) is 72.5 Å². The lowest BCUT2D eigenvalue weighted by Crippen LogP contribution is -2.28. The van der Waals surface area contributed by atoms with E-state index in [4.69, 9.17) is 4.74 Å². The lowest BCUT2D eigenvalue weighted by molar-refractivity contribution is -0.138. The van der Waals surface area contributed by atoms with Crippen LogP contribution in [-0.4, -0.2) is 21.0 Å². The number of carbonyl (C=O) groups excluding carboxylic acids is 1. The Balaban J connectivity index is 2.36. The summed E-state index contributed by atoms with van der Waals surface area (Å²) in [5, 5.41) is 0. The van der Waals surface area contributed by atoms with Crippen molar-refractivity contribution in [3.05, 3.63) is 71.4 Å². The van der Waals surface area contributed by atoms with Gasteiger partial charge in [0.25, 0.3) is 10.0 Å². The van der Waals surface area contributed by atoms with Crippen LogP contribution in [0.5, 0.6) is 0 Å². The molecule has 0 saturated heterocycles. The standard InChI is InChI=1S/C18H19NO4S/c1-3-23-18(20)17(13-15-7-5-4-6-8-15)19-24(21,22)16-11-9-14(2)10-12-16/h4-13,19H,3H2,1-2H3/b17-13+. The van der Waals surface area contributed by atoms with E-state index in [0.29, 0.717) is 5.56 Å². The molecule has 1 N–H and O–H groups in total. The number of carbonyl (C=O) groups is 1. The van der Waals surface area contributed by atoms with Gasteiger partial charge in [0.15, 0.2) is 0 Å². The zero-order chi connectivity index (χ0) is 17.6. The molecule has 0 radical (unpaired) electrons. The summed E-state index contributed by atoms with van der Waals surface area (Å²) >= 11 is 0. The van der Waals surface area contributed by atoms with Crippen LogP contribution >= 0.6 is 0 Å². The lowest BCUT2D eigenvalue weighted by Gasteiger charge is -2.11. The monoisotopic (exact) mass is 345 g/mol. The average molecular weight is 345 g/mol. The normalized spacial score (nSPS) is 11.8. The number of rotatable bonds is 6. The van der Waals surface area contributed by atoms with Gasteiger partial charge in [0.05, 0.1) is 11.5 Å². The molecule has 0 spiro atoms. The van der Waals surface area contributed by atoms with E-state index in [9.17, 15) is 13.2 Å². The van der Waals surface area contributed by atoms with Crippen LogP contribution in [0.4, 0.5) is 0 Å². The molecule has 126 valence electrons. The summed E-state index contributed by atoms with van der Waals surface area (Å²) in [6.07, 6.45) is 1.45. The minimum atomic E-state index is -3.88. The quantitative estimate of drug-likeness (QED) is 0.645. The second-order valence-corrected chi connectivity index (χ2v) is 6.79. The first kappa shape index (κ1) is 17.7. The molecule has 0 atom stereocenters. The highest BCUT2D eigenvalue weighted by Gasteiger charge is 2.20. The number of hydrogen-bond donors (Lipinski definition) is 1. The number of nitrogens with one attached hydrogen (secondary N) is 1. The average Bonchev–Trinajstić information content (AvgIpc) is 2.55. The molecule has 24 heavy (non-hydrogen) atoms. The molecule has 2 aromatic rings. The zero-order valence-corrected chi connectivity index (χ0v) is 14.3. The van der Waals surface area contributed by atoms with E-state index < -0.39 is 16.0 Å². The Morgan fingerprint density at radius 2 is 1.71 bits per heavy atom. The van der Waals surface area contributed by atoms with Gasteiger partial charge in [-0.1, -0.05) is 48.0 Å². The van der Waals surface area contributed by atoms with Gasteiger partial charge in [-0.25, -0.2) is 13.2 Å². The molecule has 0 bridgehead atoms. The second kappa shape index (κ2) is 7.79. The van der Waals surface area contributed by atoms with Crippen molar-refractivity contribution in [3.8, 4) is 0 Å². The molecule has 0 saturated carbocycles. The van der Waals surface area contributed by atoms with Crippen LogP contribution in [0.1, 0.15) is 18.1 Å². The second-order valence-electron chi connectivity index (χ2n) is 5.11. The maximum absolute atomic E-state index is 12.5. The maximum Gasteiger partial charge on any atom is 0.355 e. The Hall–Kier alpha value is -2.60. The molecule has 0 aliphatic carbocycles. The molecule has 0 aliphatic rings. The van der Waals surface area contributed by atoms with Crippen molar-refractivity contribution in [1.82, 2.24) is 4.72 Å². The van der Waals surface area contributed by atoms with E-state index in [-0.39, 0.29) is 17.2 Å². The summed E-state index contributed by atoms with van der Waals surface area (Å²) in [5.41, 5.74) is 1.50. The van der Waals surface area contributed by atoms with Gasteiger partial charge >= 0.3 is 5.97 Å². The molecule has 0 heterocycles. The van der Waals surface area contributed by atoms with Crippen LogP contribution in [-0.2, 0) is 19.6 Å². The van der Waals surface area contributed by atoms with Crippen molar-refractivity contribution in [2.75, 3.05) is 6.61 Å². The van der Waals surface area contributed by atoms with Gasteiger partial charge in [-0.15, -0.1) is 0 Å². The number of esters is 1. The first-order chi connectivity index (χ1) is 11.4. The summed E-state index contributed by atoms with van der Waals surface area (Å²) < 4.78 is 32.3. The third-order valence-corrected chi connectivity index (χ3v) is 4.56. The van der Waals surface area contributed by atoms with Crippen molar-refractivity contribution in [3.63, 3.8) is 0 Å². The Kier molecular flexibility index (Phi) is 5.76. The maximum atomic E-state index is 12.5. The lowest BCUT2D eigenvalue weighted by atomic mass is 10.2. The summed E-state index contributed by atoms with van der Waals surface area (Å²) in [6.45, 7) is 3.67. The summed E-state index contributed by atoms with van der Waals surface area (Å²) in [6, 6.07) is 15.3. The van der Waals surface area contributed by atoms with Crippen LogP contribution in [0, 0.1) is 6.92 Å². The van der Waals surface area contributed by atoms with E-state index in [1.165, 1.54) is 18.2 Å². The summed E-state index contributed by atoms with van der Waals surface area (Å²) in [7, 11) is -3.88. The van der Waals surface area contributed by atoms with Crippen molar-refractivity contribution >= 4 is 22.1 Å². The highest BCUT2D eigenvalue weighted by molar-refractivity contribution is 7.89.